The summed E-state index contributed by atoms with van der Waals surface area (Å²) in [7, 11) is 0. The van der Waals surface area contributed by atoms with Gasteiger partial charge in [0.05, 0.1) is 17.4 Å². The minimum atomic E-state index is 0.00220. The Balaban J connectivity index is 1.25. The molecule has 0 bridgehead atoms. The molecular formula is C23H24N4O2. The molecule has 6 nitrogen and oxygen atoms in total. The summed E-state index contributed by atoms with van der Waals surface area (Å²) in [5.74, 6) is 0.0757. The third-order valence-electron chi connectivity index (χ3n) is 6.12. The number of aryl methyl sites for hydroxylation is 2. The lowest BCUT2D eigenvalue weighted by atomic mass is 9.90. The highest BCUT2D eigenvalue weighted by atomic mass is 16.2. The molecule has 2 aliphatic rings. The lowest BCUT2D eigenvalue weighted by Gasteiger charge is -2.35. The number of amides is 2. The van der Waals surface area contributed by atoms with Crippen LogP contribution in [0.3, 0.4) is 0 Å². The number of carbonyl (C=O) groups is 2. The average molecular weight is 388 g/mol. The number of aromatic amines is 1. The lowest BCUT2D eigenvalue weighted by molar-refractivity contribution is 0.0535. The Kier molecular flexibility index (Phi) is 4.54. The van der Waals surface area contributed by atoms with Crippen LogP contribution < -0.4 is 0 Å². The van der Waals surface area contributed by atoms with Gasteiger partial charge in [-0.3, -0.25) is 9.59 Å². The first-order chi connectivity index (χ1) is 14.2. The van der Waals surface area contributed by atoms with E-state index in [2.05, 4.69) is 22.1 Å². The van der Waals surface area contributed by atoms with E-state index in [-0.39, 0.29) is 11.8 Å². The van der Waals surface area contributed by atoms with E-state index >= 15 is 0 Å². The zero-order valence-electron chi connectivity index (χ0n) is 16.4. The molecule has 1 aliphatic heterocycles. The van der Waals surface area contributed by atoms with E-state index in [4.69, 9.17) is 0 Å². The molecule has 29 heavy (non-hydrogen) atoms. The smallest absolute Gasteiger partial charge is 0.254 e. The van der Waals surface area contributed by atoms with Gasteiger partial charge in [-0.15, -0.1) is 0 Å². The van der Waals surface area contributed by atoms with Crippen molar-refractivity contribution in [3.05, 3.63) is 65.0 Å². The molecule has 1 N–H and O–H groups in total. The maximum absolute atomic E-state index is 13.0. The van der Waals surface area contributed by atoms with Crippen molar-refractivity contribution >= 4 is 22.8 Å². The molecule has 1 saturated heterocycles. The van der Waals surface area contributed by atoms with Gasteiger partial charge in [-0.1, -0.05) is 6.07 Å². The predicted octanol–water partition coefficient (Wildman–Crippen LogP) is 3.04. The predicted molar refractivity (Wildman–Crippen MR) is 111 cm³/mol. The first-order valence-electron chi connectivity index (χ1n) is 10.3. The Morgan fingerprint density at radius 3 is 2.14 bits per heavy atom. The van der Waals surface area contributed by atoms with Crippen LogP contribution in [0.4, 0.5) is 0 Å². The molecule has 2 heterocycles. The molecule has 0 saturated carbocycles. The van der Waals surface area contributed by atoms with Crippen LogP contribution in [0.5, 0.6) is 0 Å². The SMILES string of the molecule is O=C(c1ccc2c(c1)CCCC2)N1CCN(C(=O)c2ccc3nc[nH]c3c2)CC1. The number of hydrogen-bond acceptors (Lipinski definition) is 3. The Morgan fingerprint density at radius 2 is 1.41 bits per heavy atom. The molecule has 0 unspecified atom stereocenters. The van der Waals surface area contributed by atoms with Crippen LogP contribution in [0.1, 0.15) is 44.7 Å². The second kappa shape index (κ2) is 7.35. The van der Waals surface area contributed by atoms with Crippen molar-refractivity contribution in [2.75, 3.05) is 26.2 Å². The van der Waals surface area contributed by atoms with Crippen LogP contribution >= 0.6 is 0 Å². The number of carbonyl (C=O) groups excluding carboxylic acids is 2. The van der Waals surface area contributed by atoms with E-state index in [1.165, 1.54) is 24.0 Å². The number of H-pyrrole nitrogens is 1. The van der Waals surface area contributed by atoms with Crippen LogP contribution in [-0.4, -0.2) is 57.8 Å². The van der Waals surface area contributed by atoms with Crippen molar-refractivity contribution in [2.45, 2.75) is 25.7 Å². The van der Waals surface area contributed by atoms with Crippen molar-refractivity contribution in [3.8, 4) is 0 Å². The van der Waals surface area contributed by atoms with Crippen molar-refractivity contribution in [1.82, 2.24) is 19.8 Å². The van der Waals surface area contributed by atoms with Crippen molar-refractivity contribution in [1.29, 1.82) is 0 Å². The summed E-state index contributed by atoms with van der Waals surface area (Å²) in [5.41, 5.74) is 5.84. The van der Waals surface area contributed by atoms with E-state index in [1.54, 1.807) is 6.33 Å². The number of hydrogen-bond donors (Lipinski definition) is 1. The third kappa shape index (κ3) is 3.39. The number of piperazine rings is 1. The fourth-order valence-corrected chi connectivity index (χ4v) is 4.41. The van der Waals surface area contributed by atoms with Crippen LogP contribution in [0.2, 0.25) is 0 Å². The lowest BCUT2D eigenvalue weighted by Crippen LogP contribution is -2.50. The molecular weight excluding hydrogens is 364 g/mol. The number of rotatable bonds is 2. The van der Waals surface area contributed by atoms with E-state index in [0.29, 0.717) is 31.7 Å². The van der Waals surface area contributed by atoms with Gasteiger partial charge in [0.2, 0.25) is 0 Å². The molecule has 0 spiro atoms. The highest BCUT2D eigenvalue weighted by Crippen LogP contribution is 2.23. The number of benzene rings is 2. The summed E-state index contributed by atoms with van der Waals surface area (Å²) in [5, 5.41) is 0. The molecule has 2 amide bonds. The van der Waals surface area contributed by atoms with Gasteiger partial charge in [0.15, 0.2) is 0 Å². The number of aromatic nitrogens is 2. The quantitative estimate of drug-likeness (QED) is 0.734. The fraction of sp³-hybridized carbons (Fsp3) is 0.348. The van der Waals surface area contributed by atoms with E-state index < -0.39 is 0 Å². The van der Waals surface area contributed by atoms with E-state index in [0.717, 1.165) is 29.4 Å². The topological polar surface area (TPSA) is 69.3 Å². The molecule has 2 aromatic carbocycles. The van der Waals surface area contributed by atoms with Gasteiger partial charge >= 0.3 is 0 Å². The second-order valence-electron chi connectivity index (χ2n) is 7.91. The van der Waals surface area contributed by atoms with Crippen LogP contribution in [0.15, 0.2) is 42.7 Å². The normalized spacial score (nSPS) is 16.7. The number of fused-ring (bicyclic) bond motifs is 2. The molecule has 1 fully saturated rings. The van der Waals surface area contributed by atoms with Crippen LogP contribution in [0.25, 0.3) is 11.0 Å². The van der Waals surface area contributed by atoms with Gasteiger partial charge in [0.1, 0.15) is 0 Å². The number of nitrogens with one attached hydrogen (secondary N) is 1. The van der Waals surface area contributed by atoms with Crippen molar-refractivity contribution in [2.24, 2.45) is 0 Å². The van der Waals surface area contributed by atoms with Gasteiger partial charge in [-0.05, 0) is 67.1 Å². The van der Waals surface area contributed by atoms with Gasteiger partial charge in [0.25, 0.3) is 11.8 Å². The highest BCUT2D eigenvalue weighted by molar-refractivity contribution is 5.98. The zero-order chi connectivity index (χ0) is 19.8. The summed E-state index contributed by atoms with van der Waals surface area (Å²) >= 11 is 0. The molecule has 5 rings (SSSR count). The summed E-state index contributed by atoms with van der Waals surface area (Å²) in [4.78, 5) is 36.8. The monoisotopic (exact) mass is 388 g/mol. The van der Waals surface area contributed by atoms with Gasteiger partial charge < -0.3 is 14.8 Å². The highest BCUT2D eigenvalue weighted by Gasteiger charge is 2.26. The third-order valence-corrected chi connectivity index (χ3v) is 6.12. The molecule has 6 heteroatoms. The molecule has 148 valence electrons. The van der Waals surface area contributed by atoms with Crippen molar-refractivity contribution in [3.63, 3.8) is 0 Å². The summed E-state index contributed by atoms with van der Waals surface area (Å²) < 4.78 is 0. The van der Waals surface area contributed by atoms with E-state index in [1.807, 2.05) is 34.1 Å². The van der Waals surface area contributed by atoms with Gasteiger partial charge in [-0.25, -0.2) is 4.98 Å². The average Bonchev–Trinajstić information content (AvgIpc) is 3.26. The fourth-order valence-electron chi connectivity index (χ4n) is 4.41. The first-order valence-corrected chi connectivity index (χ1v) is 10.3. The van der Waals surface area contributed by atoms with Crippen molar-refractivity contribution < 1.29 is 9.59 Å². The maximum Gasteiger partial charge on any atom is 0.254 e. The molecule has 1 aliphatic carbocycles. The summed E-state index contributed by atoms with van der Waals surface area (Å²) in [6.45, 7) is 2.23. The molecule has 0 atom stereocenters. The minimum absolute atomic E-state index is 0.00220. The molecule has 3 aromatic rings. The molecule has 1 aromatic heterocycles. The van der Waals surface area contributed by atoms with Crippen LogP contribution in [0, 0.1) is 0 Å². The van der Waals surface area contributed by atoms with Gasteiger partial charge in [0, 0.05) is 37.3 Å². The summed E-state index contributed by atoms with van der Waals surface area (Å²) in [6.07, 6.45) is 6.26. The largest absolute Gasteiger partial charge is 0.345 e. The Bertz CT molecular complexity index is 1080. The standard InChI is InChI=1S/C23H24N4O2/c28-22(18-6-5-16-3-1-2-4-17(16)13-18)26-9-11-27(12-10-26)23(29)19-7-8-20-21(14-19)25-15-24-20/h5-8,13-15H,1-4,9-12H2,(H,24,25). The maximum atomic E-state index is 13.0. The second-order valence-corrected chi connectivity index (χ2v) is 7.91. The Labute approximate surface area is 169 Å². The number of imidazole rings is 1. The summed E-state index contributed by atoms with van der Waals surface area (Å²) in [6, 6.07) is 11.7. The first kappa shape index (κ1) is 17.9. The molecule has 0 radical (unpaired) electrons. The number of nitrogens with zero attached hydrogens (tertiary/aromatic N) is 3. The van der Waals surface area contributed by atoms with E-state index in [9.17, 15) is 9.59 Å². The Morgan fingerprint density at radius 1 is 0.793 bits per heavy atom. The zero-order valence-corrected chi connectivity index (χ0v) is 16.4. The van der Waals surface area contributed by atoms with Gasteiger partial charge in [-0.2, -0.15) is 0 Å². The minimum Gasteiger partial charge on any atom is -0.345 e. The Hall–Kier alpha value is -3.15. The van der Waals surface area contributed by atoms with Crippen LogP contribution in [-0.2, 0) is 12.8 Å².